The molecule has 0 saturated carbocycles. The first-order valence-electron chi connectivity index (χ1n) is 8.42. The Morgan fingerprint density at radius 3 is 2.48 bits per heavy atom. The summed E-state index contributed by atoms with van der Waals surface area (Å²) in [6.07, 6.45) is 1.81. The molecule has 0 aliphatic heterocycles. The third-order valence-corrected chi connectivity index (χ3v) is 6.07. The monoisotopic (exact) mass is 351 g/mol. The summed E-state index contributed by atoms with van der Waals surface area (Å²) < 4.78 is 0. The fraction of sp³-hybridized carbons (Fsp3) is 0.350. The van der Waals surface area contributed by atoms with Gasteiger partial charge in [0.05, 0.1) is 16.7 Å². The molecule has 4 rings (SSSR count). The minimum absolute atomic E-state index is 0.271. The van der Waals surface area contributed by atoms with Crippen LogP contribution in [0.3, 0.4) is 0 Å². The SMILES string of the molecule is CC1(C)C(=O)C(C)(C)c2cc3[nH]c(SCc4ccccn4)nc3cc21. The molecule has 0 fully saturated rings. The Morgan fingerprint density at radius 2 is 1.80 bits per heavy atom. The van der Waals surface area contributed by atoms with Gasteiger partial charge in [0.1, 0.15) is 0 Å². The van der Waals surface area contributed by atoms with Gasteiger partial charge in [-0.1, -0.05) is 17.8 Å². The van der Waals surface area contributed by atoms with E-state index in [0.29, 0.717) is 0 Å². The highest BCUT2D eigenvalue weighted by Crippen LogP contribution is 2.47. The molecular weight excluding hydrogens is 330 g/mol. The van der Waals surface area contributed by atoms with E-state index in [2.05, 4.69) is 22.1 Å². The van der Waals surface area contributed by atoms with Gasteiger partial charge in [0.25, 0.3) is 0 Å². The van der Waals surface area contributed by atoms with Crippen LogP contribution in [-0.2, 0) is 21.4 Å². The molecule has 2 heterocycles. The van der Waals surface area contributed by atoms with Crippen molar-refractivity contribution in [3.05, 3.63) is 53.3 Å². The van der Waals surface area contributed by atoms with Gasteiger partial charge in [-0.25, -0.2) is 4.98 Å². The molecule has 25 heavy (non-hydrogen) atoms. The molecule has 0 bridgehead atoms. The van der Waals surface area contributed by atoms with Gasteiger partial charge in [-0.3, -0.25) is 9.78 Å². The molecule has 0 saturated heterocycles. The average Bonchev–Trinajstić information content (AvgIpc) is 3.05. The number of nitrogens with one attached hydrogen (secondary N) is 1. The maximum Gasteiger partial charge on any atom is 0.166 e. The van der Waals surface area contributed by atoms with E-state index in [1.807, 2.05) is 45.9 Å². The Kier molecular flexibility index (Phi) is 3.55. The second-order valence-corrected chi connectivity index (χ2v) is 8.61. The molecule has 0 atom stereocenters. The topological polar surface area (TPSA) is 58.6 Å². The Balaban J connectivity index is 1.71. The van der Waals surface area contributed by atoms with Crippen molar-refractivity contribution in [2.24, 2.45) is 0 Å². The fourth-order valence-corrected chi connectivity index (χ4v) is 4.59. The highest BCUT2D eigenvalue weighted by molar-refractivity contribution is 7.98. The maximum atomic E-state index is 12.8. The van der Waals surface area contributed by atoms with E-state index >= 15 is 0 Å². The van der Waals surface area contributed by atoms with Gasteiger partial charge in [-0.2, -0.15) is 0 Å². The lowest BCUT2D eigenvalue weighted by molar-refractivity contribution is -0.126. The summed E-state index contributed by atoms with van der Waals surface area (Å²) in [5.74, 6) is 1.04. The number of hydrogen-bond donors (Lipinski definition) is 1. The zero-order valence-corrected chi connectivity index (χ0v) is 15.7. The molecular formula is C20H21N3OS. The van der Waals surface area contributed by atoms with Gasteiger partial charge >= 0.3 is 0 Å². The van der Waals surface area contributed by atoms with Gasteiger partial charge in [0, 0.05) is 22.8 Å². The number of benzene rings is 1. The number of ketones is 1. The van der Waals surface area contributed by atoms with Gasteiger partial charge in [0.2, 0.25) is 0 Å². The van der Waals surface area contributed by atoms with E-state index < -0.39 is 10.8 Å². The molecule has 5 heteroatoms. The van der Waals surface area contributed by atoms with Crippen molar-refractivity contribution in [2.75, 3.05) is 0 Å². The van der Waals surface area contributed by atoms with Crippen molar-refractivity contribution in [1.29, 1.82) is 0 Å². The predicted molar refractivity (Wildman–Crippen MR) is 101 cm³/mol. The first kappa shape index (κ1) is 16.3. The largest absolute Gasteiger partial charge is 0.333 e. The molecule has 3 aromatic rings. The van der Waals surface area contributed by atoms with Crippen molar-refractivity contribution in [3.63, 3.8) is 0 Å². The van der Waals surface area contributed by atoms with Crippen LogP contribution in [0.5, 0.6) is 0 Å². The molecule has 128 valence electrons. The number of hydrogen-bond acceptors (Lipinski definition) is 4. The number of pyridine rings is 1. The Hall–Kier alpha value is -2.14. The second-order valence-electron chi connectivity index (χ2n) is 7.65. The van der Waals surface area contributed by atoms with Gasteiger partial charge in [-0.15, -0.1) is 0 Å². The number of thioether (sulfide) groups is 1. The molecule has 0 spiro atoms. The van der Waals surface area contributed by atoms with Crippen molar-refractivity contribution in [1.82, 2.24) is 15.0 Å². The lowest BCUT2D eigenvalue weighted by atomic mass is 9.80. The van der Waals surface area contributed by atoms with Crippen LogP contribution in [0.2, 0.25) is 0 Å². The van der Waals surface area contributed by atoms with E-state index in [0.717, 1.165) is 38.8 Å². The molecule has 1 aliphatic rings. The van der Waals surface area contributed by atoms with Crippen LogP contribution in [0.1, 0.15) is 44.5 Å². The summed E-state index contributed by atoms with van der Waals surface area (Å²) in [5, 5.41) is 0.881. The van der Waals surface area contributed by atoms with Gasteiger partial charge in [-0.05, 0) is 63.1 Å². The smallest absolute Gasteiger partial charge is 0.166 e. The molecule has 0 radical (unpaired) electrons. The Bertz CT molecular complexity index is 918. The first-order chi connectivity index (χ1) is 11.8. The normalized spacial score (nSPS) is 17.8. The zero-order chi connectivity index (χ0) is 17.8. The Labute approximate surface area is 151 Å². The number of rotatable bonds is 3. The van der Waals surface area contributed by atoms with Crippen LogP contribution in [-0.4, -0.2) is 20.7 Å². The van der Waals surface area contributed by atoms with Crippen molar-refractivity contribution in [3.8, 4) is 0 Å². The van der Waals surface area contributed by atoms with E-state index in [-0.39, 0.29) is 5.78 Å². The lowest BCUT2D eigenvalue weighted by Gasteiger charge is -2.21. The highest BCUT2D eigenvalue weighted by atomic mass is 32.2. The maximum absolute atomic E-state index is 12.8. The molecule has 1 aromatic carbocycles. The fourth-order valence-electron chi connectivity index (χ4n) is 3.79. The number of aromatic amines is 1. The molecule has 4 nitrogen and oxygen atoms in total. The average molecular weight is 351 g/mol. The van der Waals surface area contributed by atoms with Crippen LogP contribution in [0.15, 0.2) is 41.7 Å². The number of H-pyrrole nitrogens is 1. The summed E-state index contributed by atoms with van der Waals surface area (Å²) in [5.41, 5.74) is 4.22. The van der Waals surface area contributed by atoms with Crippen LogP contribution < -0.4 is 0 Å². The van der Waals surface area contributed by atoms with E-state index in [1.54, 1.807) is 18.0 Å². The van der Waals surface area contributed by atoms with Gasteiger partial charge < -0.3 is 4.98 Å². The van der Waals surface area contributed by atoms with Crippen LogP contribution in [0.4, 0.5) is 0 Å². The number of carbonyl (C=O) groups is 1. The van der Waals surface area contributed by atoms with Gasteiger partial charge in [0.15, 0.2) is 10.9 Å². The predicted octanol–water partition coefficient (Wildman–Crippen LogP) is 4.39. The summed E-state index contributed by atoms with van der Waals surface area (Å²) in [4.78, 5) is 25.2. The summed E-state index contributed by atoms with van der Waals surface area (Å²) in [7, 11) is 0. The lowest BCUT2D eigenvalue weighted by Crippen LogP contribution is -2.33. The van der Waals surface area contributed by atoms with Crippen LogP contribution in [0.25, 0.3) is 11.0 Å². The van der Waals surface area contributed by atoms with Crippen LogP contribution >= 0.6 is 11.8 Å². The second kappa shape index (κ2) is 5.43. The van der Waals surface area contributed by atoms with E-state index in [9.17, 15) is 4.79 Å². The number of carbonyl (C=O) groups excluding carboxylic acids is 1. The third kappa shape index (κ3) is 2.49. The minimum atomic E-state index is -0.465. The standard InChI is InChI=1S/C20H21N3OS/c1-19(2)13-9-15-16(10-14(13)20(3,4)17(19)24)23-18(22-15)25-11-12-7-5-6-8-21-12/h5-10H,11H2,1-4H3,(H,22,23). The highest BCUT2D eigenvalue weighted by Gasteiger charge is 2.50. The first-order valence-corrected chi connectivity index (χ1v) is 9.41. The number of Topliss-reactive ketones (excluding diaryl/α,β-unsaturated/α-hetero) is 1. The van der Waals surface area contributed by atoms with E-state index in [1.165, 1.54) is 0 Å². The van der Waals surface area contributed by atoms with E-state index in [4.69, 9.17) is 4.98 Å². The van der Waals surface area contributed by atoms with Crippen LogP contribution in [0, 0.1) is 0 Å². The number of imidazole rings is 1. The zero-order valence-electron chi connectivity index (χ0n) is 14.9. The van der Waals surface area contributed by atoms with Crippen molar-refractivity contribution in [2.45, 2.75) is 49.4 Å². The third-order valence-electron chi connectivity index (χ3n) is 5.16. The summed E-state index contributed by atoms with van der Waals surface area (Å²) >= 11 is 1.64. The molecule has 2 aromatic heterocycles. The Morgan fingerprint density at radius 1 is 1.08 bits per heavy atom. The summed E-state index contributed by atoms with van der Waals surface area (Å²) in [6.45, 7) is 8.06. The molecule has 0 unspecified atom stereocenters. The quantitative estimate of drug-likeness (QED) is 0.711. The van der Waals surface area contributed by atoms with Crippen molar-refractivity contribution >= 4 is 28.6 Å². The number of aromatic nitrogens is 3. The number of fused-ring (bicyclic) bond motifs is 2. The molecule has 0 amide bonds. The molecule has 1 aliphatic carbocycles. The van der Waals surface area contributed by atoms with Crippen molar-refractivity contribution < 1.29 is 4.79 Å². The molecule has 1 N–H and O–H groups in total. The minimum Gasteiger partial charge on any atom is -0.333 e. The number of nitrogens with zero attached hydrogens (tertiary/aromatic N) is 2. The summed E-state index contributed by atoms with van der Waals surface area (Å²) in [6, 6.07) is 10.1.